The van der Waals surface area contributed by atoms with Crippen LogP contribution in [0.4, 0.5) is 5.82 Å². The van der Waals surface area contributed by atoms with E-state index in [9.17, 15) is 0 Å². The number of hydrogen-bond acceptors (Lipinski definition) is 2. The third kappa shape index (κ3) is 4.25. The summed E-state index contributed by atoms with van der Waals surface area (Å²) in [6.07, 6.45) is 8.45. The Kier molecular flexibility index (Phi) is 5.98. The molecule has 0 saturated heterocycles. The van der Waals surface area contributed by atoms with Crippen molar-refractivity contribution in [1.82, 2.24) is 9.78 Å². The zero-order valence-electron chi connectivity index (χ0n) is 10.9. The van der Waals surface area contributed by atoms with Gasteiger partial charge in [0.2, 0.25) is 0 Å². The molecule has 1 atom stereocenters. The maximum absolute atomic E-state index is 4.14. The molecule has 1 aromatic heterocycles. The van der Waals surface area contributed by atoms with Gasteiger partial charge in [-0.25, -0.2) is 0 Å². The Morgan fingerprint density at radius 1 is 1.38 bits per heavy atom. The molecule has 1 N–H and O–H groups in total. The maximum Gasteiger partial charge on any atom is 0.123 e. The van der Waals surface area contributed by atoms with Crippen LogP contribution >= 0.6 is 0 Å². The van der Waals surface area contributed by atoms with Crippen LogP contribution in [0.5, 0.6) is 0 Å². The average molecular weight is 223 g/mol. The van der Waals surface area contributed by atoms with Crippen molar-refractivity contribution in [1.29, 1.82) is 0 Å². The molecule has 0 radical (unpaired) electrons. The second-order valence-corrected chi connectivity index (χ2v) is 4.47. The number of nitrogens with one attached hydrogen (secondary N) is 1. The number of unbranched alkanes of at least 4 members (excludes halogenated alkanes) is 1. The van der Waals surface area contributed by atoms with Crippen LogP contribution in [0.1, 0.15) is 46.0 Å². The maximum atomic E-state index is 4.14. The summed E-state index contributed by atoms with van der Waals surface area (Å²) < 4.78 is 1.88. The molecule has 0 aromatic carbocycles. The fourth-order valence-electron chi connectivity index (χ4n) is 2.00. The summed E-state index contributed by atoms with van der Waals surface area (Å²) >= 11 is 0. The minimum absolute atomic E-state index is 0.876. The van der Waals surface area contributed by atoms with Gasteiger partial charge in [0.05, 0.1) is 6.20 Å². The molecule has 1 unspecified atom stereocenters. The van der Waals surface area contributed by atoms with Gasteiger partial charge in [0, 0.05) is 19.7 Å². The van der Waals surface area contributed by atoms with Crippen molar-refractivity contribution in [3.05, 3.63) is 12.3 Å². The Labute approximate surface area is 99.2 Å². The van der Waals surface area contributed by atoms with E-state index in [4.69, 9.17) is 0 Å². The molecule has 1 rings (SSSR count). The Balaban J connectivity index is 2.20. The van der Waals surface area contributed by atoms with Gasteiger partial charge in [0.1, 0.15) is 5.82 Å². The predicted molar refractivity (Wildman–Crippen MR) is 69.6 cm³/mol. The molecular weight excluding hydrogens is 198 g/mol. The molecule has 92 valence electrons. The quantitative estimate of drug-likeness (QED) is 0.731. The van der Waals surface area contributed by atoms with Gasteiger partial charge in [0.25, 0.3) is 0 Å². The van der Waals surface area contributed by atoms with Crippen molar-refractivity contribution in [3.63, 3.8) is 0 Å². The smallest absolute Gasteiger partial charge is 0.123 e. The minimum Gasteiger partial charge on any atom is -0.370 e. The SMILES string of the molecule is CCCCC(CC)CCNc1ccnn1C. The first kappa shape index (κ1) is 13.1. The molecule has 0 fully saturated rings. The predicted octanol–water partition coefficient (Wildman–Crippen LogP) is 3.44. The van der Waals surface area contributed by atoms with Gasteiger partial charge in [0.15, 0.2) is 0 Å². The lowest BCUT2D eigenvalue weighted by Crippen LogP contribution is -2.11. The Bertz CT molecular complexity index is 280. The van der Waals surface area contributed by atoms with Gasteiger partial charge >= 0.3 is 0 Å². The highest BCUT2D eigenvalue weighted by Gasteiger charge is 2.05. The van der Waals surface area contributed by atoms with Crippen molar-refractivity contribution in [2.45, 2.75) is 46.0 Å². The van der Waals surface area contributed by atoms with Gasteiger partial charge < -0.3 is 5.32 Å². The molecule has 0 aliphatic heterocycles. The van der Waals surface area contributed by atoms with Gasteiger partial charge in [-0.3, -0.25) is 4.68 Å². The molecule has 3 nitrogen and oxygen atoms in total. The second kappa shape index (κ2) is 7.31. The zero-order chi connectivity index (χ0) is 11.8. The molecule has 1 heterocycles. The molecule has 16 heavy (non-hydrogen) atoms. The number of nitrogens with zero attached hydrogens (tertiary/aromatic N) is 2. The van der Waals surface area contributed by atoms with Crippen molar-refractivity contribution in [2.24, 2.45) is 13.0 Å². The fourth-order valence-corrected chi connectivity index (χ4v) is 2.00. The number of hydrogen-bond donors (Lipinski definition) is 1. The minimum atomic E-state index is 0.876. The second-order valence-electron chi connectivity index (χ2n) is 4.47. The summed E-state index contributed by atoms with van der Waals surface area (Å²) in [4.78, 5) is 0. The molecule has 0 spiro atoms. The summed E-state index contributed by atoms with van der Waals surface area (Å²) in [5.41, 5.74) is 0. The van der Waals surface area contributed by atoms with E-state index in [1.54, 1.807) is 0 Å². The van der Waals surface area contributed by atoms with Crippen molar-refractivity contribution in [2.75, 3.05) is 11.9 Å². The summed E-state index contributed by atoms with van der Waals surface area (Å²) in [7, 11) is 1.97. The lowest BCUT2D eigenvalue weighted by molar-refractivity contribution is 0.431. The van der Waals surface area contributed by atoms with E-state index in [1.165, 1.54) is 32.1 Å². The van der Waals surface area contributed by atoms with Crippen molar-refractivity contribution < 1.29 is 0 Å². The molecule has 3 heteroatoms. The fraction of sp³-hybridized carbons (Fsp3) is 0.769. The monoisotopic (exact) mass is 223 g/mol. The topological polar surface area (TPSA) is 29.9 Å². The Morgan fingerprint density at radius 2 is 2.19 bits per heavy atom. The molecule has 0 bridgehead atoms. The first-order valence-corrected chi connectivity index (χ1v) is 6.49. The first-order valence-electron chi connectivity index (χ1n) is 6.49. The third-order valence-corrected chi connectivity index (χ3v) is 3.22. The van der Waals surface area contributed by atoms with Crippen LogP contribution in [-0.2, 0) is 7.05 Å². The summed E-state index contributed by atoms with van der Waals surface area (Å²) in [6.45, 7) is 5.62. The number of aryl methyl sites for hydroxylation is 1. The van der Waals surface area contributed by atoms with Crippen LogP contribution in [0.2, 0.25) is 0 Å². The lowest BCUT2D eigenvalue weighted by atomic mass is 9.96. The normalized spacial score (nSPS) is 12.7. The summed E-state index contributed by atoms with van der Waals surface area (Å²) in [6, 6.07) is 2.02. The van der Waals surface area contributed by atoms with Crippen LogP contribution in [-0.4, -0.2) is 16.3 Å². The third-order valence-electron chi connectivity index (χ3n) is 3.22. The number of anilines is 1. The molecular formula is C13H25N3. The lowest BCUT2D eigenvalue weighted by Gasteiger charge is -2.15. The molecule has 1 aromatic rings. The van der Waals surface area contributed by atoms with Gasteiger partial charge in [-0.1, -0.05) is 39.5 Å². The van der Waals surface area contributed by atoms with E-state index in [-0.39, 0.29) is 0 Å². The highest BCUT2D eigenvalue weighted by Crippen LogP contribution is 2.16. The molecule has 0 amide bonds. The van der Waals surface area contributed by atoms with Gasteiger partial charge in [-0.05, 0) is 12.3 Å². The van der Waals surface area contributed by atoms with Crippen LogP contribution in [0.25, 0.3) is 0 Å². The van der Waals surface area contributed by atoms with E-state index in [2.05, 4.69) is 24.3 Å². The highest BCUT2D eigenvalue weighted by atomic mass is 15.3. The zero-order valence-corrected chi connectivity index (χ0v) is 10.9. The van der Waals surface area contributed by atoms with Crippen LogP contribution < -0.4 is 5.32 Å². The van der Waals surface area contributed by atoms with E-state index >= 15 is 0 Å². The number of rotatable bonds is 8. The first-order chi connectivity index (χ1) is 7.77. The van der Waals surface area contributed by atoms with Crippen molar-refractivity contribution >= 4 is 5.82 Å². The average Bonchev–Trinajstić information content (AvgIpc) is 2.69. The highest BCUT2D eigenvalue weighted by molar-refractivity contribution is 5.33. The molecule has 0 saturated carbocycles. The van der Waals surface area contributed by atoms with E-state index < -0.39 is 0 Å². The van der Waals surface area contributed by atoms with Gasteiger partial charge in [-0.15, -0.1) is 0 Å². The van der Waals surface area contributed by atoms with Gasteiger partial charge in [-0.2, -0.15) is 5.10 Å². The van der Waals surface area contributed by atoms with Crippen LogP contribution in [0.15, 0.2) is 12.3 Å². The van der Waals surface area contributed by atoms with E-state index in [0.717, 1.165) is 18.3 Å². The Morgan fingerprint density at radius 3 is 2.75 bits per heavy atom. The van der Waals surface area contributed by atoms with Crippen LogP contribution in [0.3, 0.4) is 0 Å². The molecule has 0 aliphatic rings. The summed E-state index contributed by atoms with van der Waals surface area (Å²) in [5, 5.41) is 7.57. The van der Waals surface area contributed by atoms with Crippen molar-refractivity contribution in [3.8, 4) is 0 Å². The van der Waals surface area contributed by atoms with E-state index in [1.807, 2.05) is 24.0 Å². The largest absolute Gasteiger partial charge is 0.370 e. The Hall–Kier alpha value is -0.990. The van der Waals surface area contributed by atoms with E-state index in [0.29, 0.717) is 0 Å². The molecule has 0 aliphatic carbocycles. The summed E-state index contributed by atoms with van der Waals surface area (Å²) in [5.74, 6) is 1.99. The standard InChI is InChI=1S/C13H25N3/c1-4-6-7-12(5-2)8-10-14-13-9-11-15-16(13)3/h9,11-12,14H,4-8,10H2,1-3H3. The van der Waals surface area contributed by atoms with Crippen LogP contribution in [0, 0.1) is 5.92 Å². The number of aromatic nitrogens is 2.